The Hall–Kier alpha value is -1.21. The number of nitrogens with zero attached hydrogens (tertiary/aromatic N) is 3. The van der Waals surface area contributed by atoms with Crippen LogP contribution in [-0.2, 0) is 0 Å². The Labute approximate surface area is 107 Å². The summed E-state index contributed by atoms with van der Waals surface area (Å²) in [5, 5.41) is 12.7. The van der Waals surface area contributed by atoms with Gasteiger partial charge >= 0.3 is 0 Å². The first kappa shape index (κ1) is 12.3. The second-order valence-corrected chi connectivity index (χ2v) is 4.79. The molecule has 2 heterocycles. The normalized spacial score (nSPS) is 16.8. The molecule has 0 radical (unpaired) electrons. The number of piperidine rings is 1. The highest BCUT2D eigenvalue weighted by Gasteiger charge is 2.14. The Morgan fingerprint density at radius 2 is 2.12 bits per heavy atom. The minimum Gasteiger partial charge on any atom is -0.302 e. The van der Waals surface area contributed by atoms with Crippen molar-refractivity contribution in [1.29, 1.82) is 0 Å². The summed E-state index contributed by atoms with van der Waals surface area (Å²) in [6, 6.07) is 1.46. The van der Waals surface area contributed by atoms with Crippen molar-refractivity contribution >= 4 is 27.4 Å². The van der Waals surface area contributed by atoms with Gasteiger partial charge in [0.15, 0.2) is 5.82 Å². The lowest BCUT2D eigenvalue weighted by molar-refractivity contribution is -0.385. The van der Waals surface area contributed by atoms with E-state index in [9.17, 15) is 10.1 Å². The van der Waals surface area contributed by atoms with Crippen LogP contribution in [0.2, 0.25) is 0 Å². The van der Waals surface area contributed by atoms with Crippen LogP contribution >= 0.6 is 15.9 Å². The Kier molecular flexibility index (Phi) is 3.90. The van der Waals surface area contributed by atoms with Gasteiger partial charge in [-0.25, -0.2) is 9.99 Å². The van der Waals surface area contributed by atoms with Crippen molar-refractivity contribution in [3.05, 3.63) is 26.9 Å². The molecular weight excluding hydrogens is 288 g/mol. The summed E-state index contributed by atoms with van der Waals surface area (Å²) in [4.78, 5) is 14.2. The van der Waals surface area contributed by atoms with Crippen molar-refractivity contribution in [3.63, 3.8) is 0 Å². The Morgan fingerprint density at radius 3 is 2.71 bits per heavy atom. The second-order valence-electron chi connectivity index (χ2n) is 3.94. The molecule has 17 heavy (non-hydrogen) atoms. The summed E-state index contributed by atoms with van der Waals surface area (Å²) >= 11 is 3.29. The maximum atomic E-state index is 10.6. The van der Waals surface area contributed by atoms with Crippen molar-refractivity contribution in [1.82, 2.24) is 9.99 Å². The summed E-state index contributed by atoms with van der Waals surface area (Å²) in [7, 11) is 0. The fourth-order valence-electron chi connectivity index (χ4n) is 1.77. The summed E-state index contributed by atoms with van der Waals surface area (Å²) in [6.45, 7) is 1.95. The summed E-state index contributed by atoms with van der Waals surface area (Å²) < 4.78 is 0.609. The van der Waals surface area contributed by atoms with Crippen molar-refractivity contribution in [3.8, 4) is 0 Å². The predicted molar refractivity (Wildman–Crippen MR) is 67.6 cm³/mol. The zero-order chi connectivity index (χ0) is 12.3. The molecule has 0 atom stereocenters. The lowest BCUT2D eigenvalue weighted by Crippen LogP contribution is -2.35. The number of rotatable bonds is 3. The quantitative estimate of drug-likeness (QED) is 0.686. The molecule has 1 fully saturated rings. The van der Waals surface area contributed by atoms with E-state index in [0.717, 1.165) is 25.9 Å². The van der Waals surface area contributed by atoms with Crippen LogP contribution in [0, 0.1) is 10.1 Å². The van der Waals surface area contributed by atoms with Crippen LogP contribution in [0.3, 0.4) is 0 Å². The van der Waals surface area contributed by atoms with Gasteiger partial charge in [0, 0.05) is 19.2 Å². The van der Waals surface area contributed by atoms with E-state index >= 15 is 0 Å². The van der Waals surface area contributed by atoms with Gasteiger partial charge in [-0.15, -0.1) is 0 Å². The standard InChI is InChI=1S/C10H13BrN4O2/c11-9-6-8(15(16)17)7-12-10(9)13-14-4-2-1-3-5-14/h6-7H,1-5H2,(H,12,13). The highest BCUT2D eigenvalue weighted by molar-refractivity contribution is 9.10. The van der Waals surface area contributed by atoms with Crippen LogP contribution in [0.15, 0.2) is 16.7 Å². The Morgan fingerprint density at radius 1 is 1.41 bits per heavy atom. The maximum absolute atomic E-state index is 10.6. The molecule has 0 unspecified atom stereocenters. The summed E-state index contributed by atoms with van der Waals surface area (Å²) in [5.41, 5.74) is 3.16. The number of pyridine rings is 1. The van der Waals surface area contributed by atoms with Gasteiger partial charge in [0.2, 0.25) is 0 Å². The third-order valence-electron chi connectivity index (χ3n) is 2.66. The zero-order valence-corrected chi connectivity index (χ0v) is 10.8. The molecule has 7 heteroatoms. The molecular formula is C10H13BrN4O2. The number of nitrogens with one attached hydrogen (secondary N) is 1. The maximum Gasteiger partial charge on any atom is 0.288 e. The number of nitro groups is 1. The van der Waals surface area contributed by atoms with Crippen molar-refractivity contribution in [2.45, 2.75) is 19.3 Å². The fourth-order valence-corrected chi connectivity index (χ4v) is 2.19. The van der Waals surface area contributed by atoms with E-state index in [1.807, 2.05) is 0 Å². The average Bonchev–Trinajstić information content (AvgIpc) is 2.33. The molecule has 0 amide bonds. The van der Waals surface area contributed by atoms with Gasteiger partial charge in [-0.1, -0.05) is 6.42 Å². The molecule has 0 aromatic carbocycles. The number of hydrogen-bond donors (Lipinski definition) is 1. The summed E-state index contributed by atoms with van der Waals surface area (Å²) in [6.07, 6.45) is 4.85. The zero-order valence-electron chi connectivity index (χ0n) is 9.23. The van der Waals surface area contributed by atoms with Crippen molar-refractivity contribution < 1.29 is 4.92 Å². The van der Waals surface area contributed by atoms with E-state index in [-0.39, 0.29) is 5.69 Å². The van der Waals surface area contributed by atoms with Gasteiger partial charge in [-0.3, -0.25) is 10.1 Å². The molecule has 1 aromatic heterocycles. The second kappa shape index (κ2) is 5.42. The molecule has 1 aliphatic heterocycles. The first-order valence-corrected chi connectivity index (χ1v) is 6.27. The van der Waals surface area contributed by atoms with Gasteiger partial charge < -0.3 is 5.43 Å². The summed E-state index contributed by atoms with van der Waals surface area (Å²) in [5.74, 6) is 0.623. The first-order chi connectivity index (χ1) is 8.16. The van der Waals surface area contributed by atoms with Crippen LogP contribution in [-0.4, -0.2) is 28.0 Å². The van der Waals surface area contributed by atoms with Gasteiger partial charge in [-0.2, -0.15) is 0 Å². The molecule has 0 bridgehead atoms. The molecule has 0 spiro atoms. The molecule has 1 saturated heterocycles. The van der Waals surface area contributed by atoms with E-state index in [1.54, 1.807) is 0 Å². The number of anilines is 1. The van der Waals surface area contributed by atoms with E-state index in [0.29, 0.717) is 10.3 Å². The van der Waals surface area contributed by atoms with Crippen molar-refractivity contribution in [2.24, 2.45) is 0 Å². The third-order valence-corrected chi connectivity index (χ3v) is 3.26. The van der Waals surface area contributed by atoms with Crippen LogP contribution in [0.25, 0.3) is 0 Å². The Bertz CT molecular complexity index is 421. The smallest absolute Gasteiger partial charge is 0.288 e. The highest BCUT2D eigenvalue weighted by Crippen LogP contribution is 2.25. The van der Waals surface area contributed by atoms with Crippen molar-refractivity contribution in [2.75, 3.05) is 18.5 Å². The SMILES string of the molecule is O=[N+]([O-])c1cnc(NN2CCCCC2)c(Br)c1. The topological polar surface area (TPSA) is 71.3 Å². The fraction of sp³-hybridized carbons (Fsp3) is 0.500. The largest absolute Gasteiger partial charge is 0.302 e. The monoisotopic (exact) mass is 300 g/mol. The lowest BCUT2D eigenvalue weighted by atomic mass is 10.2. The van der Waals surface area contributed by atoms with Crippen LogP contribution < -0.4 is 5.43 Å². The number of aromatic nitrogens is 1. The number of hydrogen-bond acceptors (Lipinski definition) is 5. The first-order valence-electron chi connectivity index (χ1n) is 5.48. The van der Waals surface area contributed by atoms with Crippen LogP contribution in [0.5, 0.6) is 0 Å². The van der Waals surface area contributed by atoms with Gasteiger partial charge in [-0.05, 0) is 28.8 Å². The molecule has 2 rings (SSSR count). The third kappa shape index (κ3) is 3.13. The number of hydrazine groups is 1. The minimum atomic E-state index is -0.456. The Balaban J connectivity index is 2.08. The molecule has 1 N–H and O–H groups in total. The highest BCUT2D eigenvalue weighted by atomic mass is 79.9. The minimum absolute atomic E-state index is 0.0129. The molecule has 1 aliphatic rings. The van der Waals surface area contributed by atoms with E-state index < -0.39 is 4.92 Å². The average molecular weight is 301 g/mol. The van der Waals surface area contributed by atoms with Gasteiger partial charge in [0.1, 0.15) is 6.20 Å². The van der Waals surface area contributed by atoms with E-state index in [4.69, 9.17) is 0 Å². The lowest BCUT2D eigenvalue weighted by Gasteiger charge is -2.27. The van der Waals surface area contributed by atoms with E-state index in [2.05, 4.69) is 31.3 Å². The molecule has 0 saturated carbocycles. The van der Waals surface area contributed by atoms with Crippen LogP contribution in [0.4, 0.5) is 11.5 Å². The van der Waals surface area contributed by atoms with Crippen LogP contribution in [0.1, 0.15) is 19.3 Å². The molecule has 92 valence electrons. The number of halogens is 1. The molecule has 1 aromatic rings. The van der Waals surface area contributed by atoms with Gasteiger partial charge in [0.05, 0.1) is 9.40 Å². The van der Waals surface area contributed by atoms with Gasteiger partial charge in [0.25, 0.3) is 5.69 Å². The predicted octanol–water partition coefficient (Wildman–Crippen LogP) is 2.57. The van der Waals surface area contributed by atoms with E-state index in [1.165, 1.54) is 18.7 Å². The molecule has 0 aliphatic carbocycles. The molecule has 6 nitrogen and oxygen atoms in total.